The van der Waals surface area contributed by atoms with Crippen molar-refractivity contribution in [1.29, 1.82) is 0 Å². The number of hydrogen-bond donors (Lipinski definition) is 2. The van der Waals surface area contributed by atoms with Crippen molar-refractivity contribution >= 4 is 17.3 Å². The molecule has 1 heterocycles. The molecular weight excluding hydrogens is 224 g/mol. The molecule has 0 aliphatic carbocycles. The number of benzene rings is 1. The molecule has 1 unspecified atom stereocenters. The lowest BCUT2D eigenvalue weighted by Crippen LogP contribution is -2.27. The molecule has 88 valence electrons. The van der Waals surface area contributed by atoms with Crippen LogP contribution in [0.5, 0.6) is 5.75 Å². The number of methoxy groups -OCH3 is 1. The summed E-state index contributed by atoms with van der Waals surface area (Å²) in [5, 5.41) is 4.12. The summed E-state index contributed by atoms with van der Waals surface area (Å²) >= 11 is 6.10. The van der Waals surface area contributed by atoms with Crippen molar-refractivity contribution in [2.45, 2.75) is 25.3 Å². The fraction of sp³-hybridized carbons (Fsp3) is 0.500. The van der Waals surface area contributed by atoms with Gasteiger partial charge in [0.2, 0.25) is 0 Å². The zero-order valence-corrected chi connectivity index (χ0v) is 10.2. The second-order valence-corrected chi connectivity index (χ2v) is 4.51. The van der Waals surface area contributed by atoms with Crippen molar-refractivity contribution in [3.05, 3.63) is 22.7 Å². The summed E-state index contributed by atoms with van der Waals surface area (Å²) in [6.07, 6.45) is 3.18. The Morgan fingerprint density at radius 3 is 3.06 bits per heavy atom. The normalized spacial score (nSPS) is 18.8. The summed E-state index contributed by atoms with van der Waals surface area (Å²) in [4.78, 5) is 0. The molecular formula is C12H17ClN2O. The van der Waals surface area contributed by atoms with Crippen molar-refractivity contribution in [2.75, 3.05) is 19.0 Å². The molecule has 3 N–H and O–H groups in total. The number of nitrogens with two attached hydrogens (primary N) is 1. The van der Waals surface area contributed by atoms with E-state index in [4.69, 9.17) is 22.1 Å². The third-order valence-corrected chi connectivity index (χ3v) is 3.31. The molecule has 0 amide bonds. The maximum absolute atomic E-state index is 6.10. The van der Waals surface area contributed by atoms with E-state index in [1.807, 2.05) is 12.1 Å². The highest BCUT2D eigenvalue weighted by Gasteiger charge is 2.18. The van der Waals surface area contributed by atoms with Crippen molar-refractivity contribution < 1.29 is 4.74 Å². The number of ether oxygens (including phenoxy) is 1. The third-order valence-electron chi connectivity index (χ3n) is 3.01. The molecule has 1 aliphatic heterocycles. The van der Waals surface area contributed by atoms with E-state index in [0.29, 0.717) is 11.1 Å². The molecule has 0 fully saturated rings. The Morgan fingerprint density at radius 1 is 1.56 bits per heavy atom. The second-order valence-electron chi connectivity index (χ2n) is 4.10. The first-order valence-corrected chi connectivity index (χ1v) is 5.95. The fourth-order valence-corrected chi connectivity index (χ4v) is 2.37. The Morgan fingerprint density at radius 2 is 2.38 bits per heavy atom. The van der Waals surface area contributed by atoms with E-state index in [9.17, 15) is 0 Å². The Bertz CT molecular complexity index is 382. The largest absolute Gasteiger partial charge is 0.495 e. The standard InChI is InChI=1S/C12H17ClN2O/c1-16-12-6-8-2-3-9(4-5-14)15-11(8)7-10(12)13/h6-7,9,15H,2-5,14H2,1H3. The minimum absolute atomic E-state index is 0.474. The summed E-state index contributed by atoms with van der Waals surface area (Å²) < 4.78 is 5.21. The molecule has 16 heavy (non-hydrogen) atoms. The monoisotopic (exact) mass is 240 g/mol. The van der Waals surface area contributed by atoms with Crippen LogP contribution in [0.2, 0.25) is 5.02 Å². The number of hydrogen-bond acceptors (Lipinski definition) is 3. The lowest BCUT2D eigenvalue weighted by molar-refractivity contribution is 0.414. The van der Waals surface area contributed by atoms with Crippen LogP contribution in [0.15, 0.2) is 12.1 Å². The maximum atomic E-state index is 6.10. The first-order valence-electron chi connectivity index (χ1n) is 5.57. The Balaban J connectivity index is 2.22. The highest BCUT2D eigenvalue weighted by molar-refractivity contribution is 6.32. The van der Waals surface area contributed by atoms with Crippen LogP contribution in [0.3, 0.4) is 0 Å². The van der Waals surface area contributed by atoms with Gasteiger partial charge < -0.3 is 15.8 Å². The quantitative estimate of drug-likeness (QED) is 0.853. The van der Waals surface area contributed by atoms with Crippen molar-refractivity contribution in [1.82, 2.24) is 0 Å². The van der Waals surface area contributed by atoms with Gasteiger partial charge in [-0.25, -0.2) is 0 Å². The topological polar surface area (TPSA) is 47.3 Å². The number of nitrogens with one attached hydrogen (secondary N) is 1. The van der Waals surface area contributed by atoms with Crippen LogP contribution in [0.25, 0.3) is 0 Å². The average molecular weight is 241 g/mol. The summed E-state index contributed by atoms with van der Waals surface area (Å²) in [5.74, 6) is 0.750. The van der Waals surface area contributed by atoms with Gasteiger partial charge >= 0.3 is 0 Å². The molecule has 0 saturated heterocycles. The molecule has 2 rings (SSSR count). The molecule has 1 atom stereocenters. The zero-order chi connectivity index (χ0) is 11.5. The van der Waals surface area contributed by atoms with E-state index >= 15 is 0 Å². The minimum atomic E-state index is 0.474. The van der Waals surface area contributed by atoms with E-state index in [2.05, 4.69) is 5.32 Å². The number of halogens is 1. The molecule has 0 bridgehead atoms. The summed E-state index contributed by atoms with van der Waals surface area (Å²) in [7, 11) is 1.64. The van der Waals surface area contributed by atoms with Crippen LogP contribution in [-0.4, -0.2) is 19.7 Å². The van der Waals surface area contributed by atoms with E-state index in [1.54, 1.807) is 7.11 Å². The second kappa shape index (κ2) is 4.93. The maximum Gasteiger partial charge on any atom is 0.137 e. The molecule has 1 aromatic rings. The molecule has 0 radical (unpaired) electrons. The van der Waals surface area contributed by atoms with E-state index in [1.165, 1.54) is 5.56 Å². The van der Waals surface area contributed by atoms with E-state index in [0.717, 1.165) is 37.2 Å². The summed E-state index contributed by atoms with van der Waals surface area (Å²) in [6, 6.07) is 4.43. The predicted molar refractivity (Wildman–Crippen MR) is 67.4 cm³/mol. The van der Waals surface area contributed by atoms with Crippen LogP contribution >= 0.6 is 11.6 Å². The lowest BCUT2D eigenvalue weighted by atomic mass is 9.96. The summed E-state index contributed by atoms with van der Waals surface area (Å²) in [5.41, 5.74) is 7.96. The molecule has 0 aromatic heterocycles. The Hall–Kier alpha value is -0.930. The third kappa shape index (κ3) is 2.25. The van der Waals surface area contributed by atoms with Crippen LogP contribution in [-0.2, 0) is 6.42 Å². The van der Waals surface area contributed by atoms with Crippen molar-refractivity contribution in [3.8, 4) is 5.75 Å². The summed E-state index contributed by atoms with van der Waals surface area (Å²) in [6.45, 7) is 0.719. The molecule has 4 heteroatoms. The van der Waals surface area contributed by atoms with Crippen LogP contribution < -0.4 is 15.8 Å². The van der Waals surface area contributed by atoms with Gasteiger partial charge in [0.05, 0.1) is 12.1 Å². The predicted octanol–water partition coefficient (Wildman–Crippen LogP) is 2.42. The van der Waals surface area contributed by atoms with E-state index < -0.39 is 0 Å². The smallest absolute Gasteiger partial charge is 0.137 e. The van der Waals surface area contributed by atoms with Gasteiger partial charge in [0.1, 0.15) is 5.75 Å². The number of rotatable bonds is 3. The van der Waals surface area contributed by atoms with Gasteiger partial charge in [-0.05, 0) is 43.5 Å². The van der Waals surface area contributed by atoms with Gasteiger partial charge in [-0.15, -0.1) is 0 Å². The number of fused-ring (bicyclic) bond motifs is 1. The molecule has 1 aliphatic rings. The average Bonchev–Trinajstić information content (AvgIpc) is 2.28. The van der Waals surface area contributed by atoms with Gasteiger partial charge in [-0.1, -0.05) is 11.6 Å². The number of aryl methyl sites for hydroxylation is 1. The Kier molecular flexibility index (Phi) is 3.56. The van der Waals surface area contributed by atoms with Crippen LogP contribution in [0.1, 0.15) is 18.4 Å². The molecule has 0 spiro atoms. The van der Waals surface area contributed by atoms with Gasteiger partial charge in [-0.3, -0.25) is 0 Å². The van der Waals surface area contributed by atoms with Gasteiger partial charge in [0, 0.05) is 11.7 Å². The van der Waals surface area contributed by atoms with Gasteiger partial charge in [0.25, 0.3) is 0 Å². The fourth-order valence-electron chi connectivity index (χ4n) is 2.13. The first-order chi connectivity index (χ1) is 7.74. The highest BCUT2D eigenvalue weighted by Crippen LogP contribution is 2.34. The lowest BCUT2D eigenvalue weighted by Gasteiger charge is -2.27. The van der Waals surface area contributed by atoms with Crippen LogP contribution in [0, 0.1) is 0 Å². The van der Waals surface area contributed by atoms with Crippen molar-refractivity contribution in [3.63, 3.8) is 0 Å². The van der Waals surface area contributed by atoms with Gasteiger partial charge in [0.15, 0.2) is 0 Å². The zero-order valence-electron chi connectivity index (χ0n) is 9.42. The molecule has 0 saturated carbocycles. The van der Waals surface area contributed by atoms with Gasteiger partial charge in [-0.2, -0.15) is 0 Å². The molecule has 1 aromatic carbocycles. The first kappa shape index (κ1) is 11.6. The SMILES string of the molecule is COc1cc2c(cc1Cl)NC(CCN)CC2. The van der Waals surface area contributed by atoms with E-state index in [-0.39, 0.29) is 0 Å². The number of anilines is 1. The van der Waals surface area contributed by atoms with Crippen LogP contribution in [0.4, 0.5) is 5.69 Å². The highest BCUT2D eigenvalue weighted by atomic mass is 35.5. The Labute approximate surface area is 101 Å². The minimum Gasteiger partial charge on any atom is -0.495 e. The molecule has 3 nitrogen and oxygen atoms in total. The van der Waals surface area contributed by atoms with Crippen molar-refractivity contribution in [2.24, 2.45) is 5.73 Å².